The molecule has 10 rings (SSSR count). The van der Waals surface area contributed by atoms with E-state index in [1.54, 1.807) is 0 Å². The van der Waals surface area contributed by atoms with E-state index in [1.807, 2.05) is 0 Å². The van der Waals surface area contributed by atoms with Gasteiger partial charge in [0.1, 0.15) is 11.6 Å². The fourth-order valence-corrected chi connectivity index (χ4v) is 20.1. The van der Waals surface area contributed by atoms with Crippen LogP contribution >= 0.6 is 12.4 Å². The second-order valence-corrected chi connectivity index (χ2v) is 26.0. The van der Waals surface area contributed by atoms with E-state index in [1.165, 1.54) is 70.6 Å². The predicted octanol–water partition coefficient (Wildman–Crippen LogP) is 10.9. The molecule has 8 aliphatic rings. The molecule has 0 bridgehead atoms. The number of aliphatic hydroxyl groups excluding tert-OH is 3. The summed E-state index contributed by atoms with van der Waals surface area (Å²) in [7, 11) is 0. The lowest BCUT2D eigenvalue weighted by Crippen LogP contribution is -2.62. The highest BCUT2D eigenvalue weighted by atomic mass is 35.5. The zero-order valence-corrected chi connectivity index (χ0v) is 44.0. The van der Waals surface area contributed by atoms with Gasteiger partial charge in [-0.3, -0.25) is 10.2 Å². The first-order valence-electron chi connectivity index (χ1n) is 27.7. The van der Waals surface area contributed by atoms with Crippen molar-refractivity contribution < 1.29 is 15.3 Å². The smallest absolute Gasteiger partial charge is 0.239 e. The van der Waals surface area contributed by atoms with Gasteiger partial charge in [-0.1, -0.05) is 81.6 Å². The van der Waals surface area contributed by atoms with Crippen molar-refractivity contribution in [3.05, 3.63) is 11.6 Å². The van der Waals surface area contributed by atoms with Gasteiger partial charge in [0.15, 0.2) is 0 Å². The quantitative estimate of drug-likeness (QED) is 0.121. The first-order valence-corrected chi connectivity index (χ1v) is 27.7. The average Bonchev–Trinajstić information content (AvgIpc) is 4.08. The van der Waals surface area contributed by atoms with Crippen LogP contribution in [0.15, 0.2) is 0 Å². The Hall–Kier alpha value is -1.95. The van der Waals surface area contributed by atoms with Gasteiger partial charge in [-0.25, -0.2) is 0 Å². The number of aliphatic hydroxyl groups is 3. The number of hydrogen-bond acceptors (Lipinski definition) is 9. The van der Waals surface area contributed by atoms with E-state index in [0.717, 1.165) is 93.1 Å². The van der Waals surface area contributed by atoms with Gasteiger partial charge >= 0.3 is 0 Å². The Morgan fingerprint density at radius 1 is 0.567 bits per heavy atom. The maximum Gasteiger partial charge on any atom is 0.239 e. The number of H-pyrrole nitrogens is 2. The van der Waals surface area contributed by atoms with Crippen molar-refractivity contribution in [2.45, 2.75) is 209 Å². The zero-order chi connectivity index (χ0) is 47.1. The molecule has 0 saturated heterocycles. The van der Waals surface area contributed by atoms with Gasteiger partial charge < -0.3 is 26.8 Å². The molecule has 0 aromatic carbocycles. The van der Waals surface area contributed by atoms with Crippen molar-refractivity contribution in [3.8, 4) is 0 Å². The number of fused-ring (bicyclic) bond motifs is 10. The molecule has 2 aromatic rings. The molecule has 0 radical (unpaired) electrons. The standard InChI is InChI=1S/C28H48N4O.C27H46N4O2.ClH/c1-6-18-22-15-16(2)11-13-28(22,5)21-12-14-27(4)19(8-9-20(27)24(21)25(18)33)17(3)7-10-23-30-26(29)32-31-23;1-5-17-21-14-16(32)10-12-27(21,4)20-11-13-26(3)18(7-8-19(26)23(20)24(17)33)15(2)6-9-22-29-25(28)31-30-22;/h16-22,24-25,33H,6-15H2,1-5H3,(H3,29,30,31,32);15-21,23-24,32-33H,5-14H2,1-4H3,(H3,28,29,30,31);1H/t16-,17-,18-,19-,20+,21+,22+,24+,25-,27-,28-;15-,16-,17-,18-,19+,20+,21+,23+,24-,26-,27-;/m11./s1. The highest BCUT2D eigenvalue weighted by Gasteiger charge is 2.66. The molecule has 22 atom stereocenters. The number of aromatic amines is 2. The highest BCUT2D eigenvalue weighted by Crippen LogP contribution is 2.71. The molecule has 8 saturated carbocycles. The monoisotopic (exact) mass is 951 g/mol. The number of aromatic nitrogens is 6. The van der Waals surface area contributed by atoms with E-state index in [0.29, 0.717) is 93.2 Å². The minimum absolute atomic E-state index is 0. The van der Waals surface area contributed by atoms with Crippen LogP contribution in [0.3, 0.4) is 0 Å². The molecule has 380 valence electrons. The lowest BCUT2D eigenvalue weighted by atomic mass is 9.41. The van der Waals surface area contributed by atoms with Crippen LogP contribution in [0.25, 0.3) is 0 Å². The topological polar surface area (TPSA) is 196 Å². The summed E-state index contributed by atoms with van der Waals surface area (Å²) in [5, 5.41) is 48.2. The summed E-state index contributed by atoms with van der Waals surface area (Å²) in [6.07, 6.45) is 23.2. The van der Waals surface area contributed by atoms with E-state index in [9.17, 15) is 15.3 Å². The van der Waals surface area contributed by atoms with Crippen molar-refractivity contribution in [2.75, 3.05) is 11.5 Å². The normalized spacial score (nSPS) is 47.3. The number of nitrogen functional groups attached to an aromatic ring is 2. The first-order chi connectivity index (χ1) is 31.4. The van der Waals surface area contributed by atoms with Crippen LogP contribution < -0.4 is 11.5 Å². The molecule has 0 spiro atoms. The molecule has 2 aromatic heterocycles. The van der Waals surface area contributed by atoms with E-state index in [2.05, 4.69) is 92.7 Å². The average molecular weight is 952 g/mol. The number of nitrogens with zero attached hydrogens (tertiary/aromatic N) is 4. The number of nitrogens with one attached hydrogen (secondary N) is 2. The summed E-state index contributed by atoms with van der Waals surface area (Å²) < 4.78 is 0. The number of hydrogen-bond donors (Lipinski definition) is 7. The van der Waals surface area contributed by atoms with Crippen molar-refractivity contribution in [1.82, 2.24) is 30.4 Å². The third kappa shape index (κ3) is 8.73. The Bertz CT molecular complexity index is 1830. The van der Waals surface area contributed by atoms with Gasteiger partial charge in [0, 0.05) is 12.8 Å². The molecule has 0 unspecified atom stereocenters. The van der Waals surface area contributed by atoms with Gasteiger partial charge in [0.2, 0.25) is 11.9 Å². The van der Waals surface area contributed by atoms with Crippen LogP contribution in [0.5, 0.6) is 0 Å². The maximum absolute atomic E-state index is 11.9. The number of rotatable bonds is 10. The van der Waals surface area contributed by atoms with Crippen LogP contribution in [-0.4, -0.2) is 64.0 Å². The SMILES string of the molecule is CC[C@H]1[C@@H](O)[C@@H]2[C@H](CC[C@]3(C)[C@@H]([C@H](C)CCc4nc(N)n[nH]4)CC[C@@H]23)[C@@]2(C)CC[C@@H](C)C[C@@H]12.CC[C@H]1[C@@H](O)[C@@H]2[C@H](CC[C@]3(C)[C@@H]([C@H](C)CCc4nc(N)n[nH]4)CC[C@@H]23)[C@@]2(C)CC[C@@H](O)C[C@@H]12.Cl. The van der Waals surface area contributed by atoms with Gasteiger partial charge in [-0.2, -0.15) is 9.97 Å². The number of nitrogens with two attached hydrogens (primary N) is 2. The van der Waals surface area contributed by atoms with E-state index in [4.69, 9.17) is 11.5 Å². The largest absolute Gasteiger partial charge is 0.393 e. The molecule has 67 heavy (non-hydrogen) atoms. The van der Waals surface area contributed by atoms with Gasteiger partial charge in [0.05, 0.1) is 18.3 Å². The Morgan fingerprint density at radius 2 is 0.970 bits per heavy atom. The van der Waals surface area contributed by atoms with Gasteiger partial charge in [0.25, 0.3) is 0 Å². The molecule has 8 aliphatic carbocycles. The molecule has 11 nitrogen and oxygen atoms in total. The molecule has 12 heteroatoms. The molecule has 0 aliphatic heterocycles. The number of anilines is 2. The number of aryl methyl sites for hydroxylation is 2. The van der Waals surface area contributed by atoms with Gasteiger partial charge in [-0.15, -0.1) is 22.6 Å². The predicted molar refractivity (Wildman–Crippen MR) is 271 cm³/mol. The van der Waals surface area contributed by atoms with Crippen LogP contribution in [0.2, 0.25) is 0 Å². The minimum atomic E-state index is -0.209. The lowest BCUT2D eigenvalue weighted by molar-refractivity contribution is -0.203. The van der Waals surface area contributed by atoms with E-state index in [-0.39, 0.29) is 36.1 Å². The van der Waals surface area contributed by atoms with Gasteiger partial charge in [-0.05, 0) is 207 Å². The van der Waals surface area contributed by atoms with Crippen molar-refractivity contribution in [3.63, 3.8) is 0 Å². The highest BCUT2D eigenvalue weighted by molar-refractivity contribution is 5.85. The summed E-state index contributed by atoms with van der Waals surface area (Å²) in [4.78, 5) is 8.62. The Morgan fingerprint density at radius 3 is 1.39 bits per heavy atom. The summed E-state index contributed by atoms with van der Waals surface area (Å²) in [5.74, 6) is 11.6. The van der Waals surface area contributed by atoms with Crippen molar-refractivity contribution >= 4 is 24.3 Å². The third-order valence-corrected chi connectivity index (χ3v) is 23.4. The van der Waals surface area contributed by atoms with Crippen LogP contribution in [0.1, 0.15) is 190 Å². The molecule has 8 fully saturated rings. The maximum atomic E-state index is 11.9. The Kier molecular flexibility index (Phi) is 15.0. The minimum Gasteiger partial charge on any atom is -0.393 e. The molecular formula is C55H95ClN8O3. The molecule has 0 amide bonds. The van der Waals surface area contributed by atoms with E-state index < -0.39 is 0 Å². The van der Waals surface area contributed by atoms with Crippen molar-refractivity contribution in [1.29, 1.82) is 0 Å². The summed E-state index contributed by atoms with van der Waals surface area (Å²) >= 11 is 0. The summed E-state index contributed by atoms with van der Waals surface area (Å²) in [6, 6.07) is 0. The zero-order valence-electron chi connectivity index (χ0n) is 43.2. The van der Waals surface area contributed by atoms with Crippen LogP contribution in [0, 0.1) is 110 Å². The van der Waals surface area contributed by atoms with Crippen LogP contribution in [0.4, 0.5) is 11.9 Å². The number of halogens is 1. The second-order valence-electron chi connectivity index (χ2n) is 26.0. The second kappa shape index (κ2) is 19.6. The van der Waals surface area contributed by atoms with Crippen LogP contribution in [-0.2, 0) is 12.8 Å². The summed E-state index contributed by atoms with van der Waals surface area (Å²) in [6.45, 7) is 22.2. The first kappa shape index (κ1) is 51.4. The summed E-state index contributed by atoms with van der Waals surface area (Å²) in [5.41, 5.74) is 12.8. The fourth-order valence-electron chi connectivity index (χ4n) is 20.1. The lowest BCUT2D eigenvalue weighted by Gasteiger charge is -2.65. The Labute approximate surface area is 411 Å². The molecule has 9 N–H and O–H groups in total. The molecule has 2 heterocycles. The third-order valence-electron chi connectivity index (χ3n) is 23.4. The Balaban J connectivity index is 0.000000179. The fraction of sp³-hybridized carbons (Fsp3) is 0.927. The van der Waals surface area contributed by atoms with Crippen molar-refractivity contribution in [2.24, 2.45) is 110 Å². The van der Waals surface area contributed by atoms with E-state index >= 15 is 0 Å². The molecular weight excluding hydrogens is 856 g/mol.